The van der Waals surface area contributed by atoms with Gasteiger partial charge in [-0.25, -0.2) is 0 Å². The second-order valence-electron chi connectivity index (χ2n) is 5.36. The summed E-state index contributed by atoms with van der Waals surface area (Å²) in [5, 5.41) is 3.13. The van der Waals surface area contributed by atoms with E-state index in [0.29, 0.717) is 19.8 Å². The summed E-state index contributed by atoms with van der Waals surface area (Å²) in [6, 6.07) is 8.47. The molecule has 0 aromatic heterocycles. The molecular weight excluding hydrogens is 226 g/mol. The highest BCUT2D eigenvalue weighted by Crippen LogP contribution is 2.07. The van der Waals surface area contributed by atoms with Crippen molar-refractivity contribution in [2.45, 2.75) is 39.5 Å². The summed E-state index contributed by atoms with van der Waals surface area (Å²) in [7, 11) is 1.95. The van der Waals surface area contributed by atoms with E-state index in [-0.39, 0.29) is 5.60 Å². The summed E-state index contributed by atoms with van der Waals surface area (Å²) in [6.45, 7) is 8.97. The third-order valence-electron chi connectivity index (χ3n) is 2.44. The Morgan fingerprint density at radius 1 is 1.00 bits per heavy atom. The molecule has 0 aliphatic heterocycles. The molecule has 1 rings (SSSR count). The number of benzene rings is 1. The first kappa shape index (κ1) is 15.2. The van der Waals surface area contributed by atoms with Crippen LogP contribution in [-0.4, -0.2) is 25.9 Å². The standard InChI is InChI=1S/C15H25NO2/c1-15(2,3)18-10-9-17-12-14-7-5-13(6-8-14)11-16-4/h5-8,16H,9-12H2,1-4H3. The molecule has 3 heteroatoms. The van der Waals surface area contributed by atoms with Gasteiger partial charge in [-0.1, -0.05) is 24.3 Å². The molecule has 0 aliphatic carbocycles. The SMILES string of the molecule is CNCc1ccc(COCCOC(C)(C)C)cc1. The normalized spacial score (nSPS) is 11.8. The Morgan fingerprint density at radius 3 is 2.17 bits per heavy atom. The molecule has 0 bridgehead atoms. The summed E-state index contributed by atoms with van der Waals surface area (Å²) in [6.07, 6.45) is 0. The van der Waals surface area contributed by atoms with Crippen LogP contribution < -0.4 is 5.32 Å². The lowest BCUT2D eigenvalue weighted by molar-refractivity contribution is -0.0376. The smallest absolute Gasteiger partial charge is 0.0718 e. The predicted molar refractivity (Wildman–Crippen MR) is 74.6 cm³/mol. The largest absolute Gasteiger partial charge is 0.374 e. The third-order valence-corrected chi connectivity index (χ3v) is 2.44. The molecule has 0 heterocycles. The maximum atomic E-state index is 5.59. The minimum Gasteiger partial charge on any atom is -0.374 e. The van der Waals surface area contributed by atoms with Gasteiger partial charge in [0.05, 0.1) is 25.4 Å². The van der Waals surface area contributed by atoms with Crippen LogP contribution >= 0.6 is 0 Å². The van der Waals surface area contributed by atoms with Gasteiger partial charge in [-0.3, -0.25) is 0 Å². The zero-order chi connectivity index (χ0) is 13.4. The van der Waals surface area contributed by atoms with Crippen LogP contribution in [-0.2, 0) is 22.6 Å². The van der Waals surface area contributed by atoms with Crippen LogP contribution in [0, 0.1) is 0 Å². The van der Waals surface area contributed by atoms with Gasteiger partial charge >= 0.3 is 0 Å². The molecule has 102 valence electrons. The van der Waals surface area contributed by atoms with Crippen molar-refractivity contribution >= 4 is 0 Å². The van der Waals surface area contributed by atoms with Crippen LogP contribution in [0.2, 0.25) is 0 Å². The van der Waals surface area contributed by atoms with Gasteiger partial charge in [0.2, 0.25) is 0 Å². The van der Waals surface area contributed by atoms with E-state index in [4.69, 9.17) is 9.47 Å². The van der Waals surface area contributed by atoms with Crippen LogP contribution in [0.3, 0.4) is 0 Å². The van der Waals surface area contributed by atoms with E-state index in [9.17, 15) is 0 Å². The molecule has 1 N–H and O–H groups in total. The summed E-state index contributed by atoms with van der Waals surface area (Å²) in [5.74, 6) is 0. The van der Waals surface area contributed by atoms with Crippen molar-refractivity contribution in [1.82, 2.24) is 5.32 Å². The van der Waals surface area contributed by atoms with Crippen LogP contribution in [0.5, 0.6) is 0 Å². The summed E-state index contributed by atoms with van der Waals surface area (Å²) < 4.78 is 11.2. The van der Waals surface area contributed by atoms with Gasteiger partial charge in [0.15, 0.2) is 0 Å². The lowest BCUT2D eigenvalue weighted by atomic mass is 10.1. The first-order valence-electron chi connectivity index (χ1n) is 6.45. The Balaban J connectivity index is 2.19. The second-order valence-corrected chi connectivity index (χ2v) is 5.36. The molecule has 0 fully saturated rings. The van der Waals surface area contributed by atoms with Crippen LogP contribution in [0.4, 0.5) is 0 Å². The molecule has 0 amide bonds. The molecule has 0 spiro atoms. The lowest BCUT2D eigenvalue weighted by Gasteiger charge is -2.19. The molecule has 1 aromatic carbocycles. The van der Waals surface area contributed by atoms with Crippen molar-refractivity contribution in [3.05, 3.63) is 35.4 Å². The van der Waals surface area contributed by atoms with Crippen LogP contribution in [0.1, 0.15) is 31.9 Å². The van der Waals surface area contributed by atoms with Gasteiger partial charge in [0.1, 0.15) is 0 Å². The van der Waals surface area contributed by atoms with Gasteiger partial charge in [0, 0.05) is 6.54 Å². The van der Waals surface area contributed by atoms with E-state index in [0.717, 1.165) is 6.54 Å². The number of rotatable bonds is 7. The average molecular weight is 251 g/mol. The van der Waals surface area contributed by atoms with Crippen molar-refractivity contribution in [2.24, 2.45) is 0 Å². The van der Waals surface area contributed by atoms with E-state index < -0.39 is 0 Å². The van der Waals surface area contributed by atoms with Crippen molar-refractivity contribution in [2.75, 3.05) is 20.3 Å². The van der Waals surface area contributed by atoms with Crippen LogP contribution in [0.25, 0.3) is 0 Å². The Kier molecular flexibility index (Phi) is 6.33. The minimum atomic E-state index is -0.0852. The molecule has 3 nitrogen and oxygen atoms in total. The highest BCUT2D eigenvalue weighted by Gasteiger charge is 2.08. The Hall–Kier alpha value is -0.900. The third kappa shape index (κ3) is 6.74. The fourth-order valence-electron chi connectivity index (χ4n) is 1.55. The Morgan fingerprint density at radius 2 is 1.61 bits per heavy atom. The highest BCUT2D eigenvalue weighted by atomic mass is 16.5. The monoisotopic (exact) mass is 251 g/mol. The van der Waals surface area contributed by atoms with Gasteiger partial charge in [-0.2, -0.15) is 0 Å². The minimum absolute atomic E-state index is 0.0852. The first-order valence-corrected chi connectivity index (χ1v) is 6.45. The number of nitrogens with one attached hydrogen (secondary N) is 1. The molecule has 0 aliphatic rings. The topological polar surface area (TPSA) is 30.5 Å². The maximum Gasteiger partial charge on any atom is 0.0718 e. The summed E-state index contributed by atoms with van der Waals surface area (Å²) >= 11 is 0. The van der Waals surface area contributed by atoms with Crippen molar-refractivity contribution in [3.63, 3.8) is 0 Å². The van der Waals surface area contributed by atoms with Crippen molar-refractivity contribution < 1.29 is 9.47 Å². The van der Waals surface area contributed by atoms with Crippen LogP contribution in [0.15, 0.2) is 24.3 Å². The molecule has 0 atom stereocenters. The number of hydrogen-bond acceptors (Lipinski definition) is 3. The van der Waals surface area contributed by atoms with Gasteiger partial charge in [-0.05, 0) is 38.9 Å². The predicted octanol–water partition coefficient (Wildman–Crippen LogP) is 2.74. The number of ether oxygens (including phenoxy) is 2. The lowest BCUT2D eigenvalue weighted by Crippen LogP contribution is -2.21. The number of hydrogen-bond donors (Lipinski definition) is 1. The Bertz CT molecular complexity index is 327. The molecule has 0 saturated carbocycles. The van der Waals surface area contributed by atoms with E-state index in [1.807, 2.05) is 27.8 Å². The summed E-state index contributed by atoms with van der Waals surface area (Å²) in [5.41, 5.74) is 2.40. The van der Waals surface area contributed by atoms with Gasteiger partial charge < -0.3 is 14.8 Å². The molecule has 18 heavy (non-hydrogen) atoms. The second kappa shape index (κ2) is 7.52. The average Bonchev–Trinajstić information content (AvgIpc) is 2.30. The molecule has 0 saturated heterocycles. The fourth-order valence-corrected chi connectivity index (χ4v) is 1.55. The molecule has 0 unspecified atom stereocenters. The first-order chi connectivity index (χ1) is 8.51. The molecule has 0 radical (unpaired) electrons. The Labute approximate surface area is 110 Å². The zero-order valence-corrected chi connectivity index (χ0v) is 12.0. The quantitative estimate of drug-likeness (QED) is 0.756. The fraction of sp³-hybridized carbons (Fsp3) is 0.600. The van der Waals surface area contributed by atoms with E-state index >= 15 is 0 Å². The molecule has 1 aromatic rings. The zero-order valence-electron chi connectivity index (χ0n) is 12.0. The van der Waals surface area contributed by atoms with E-state index in [1.54, 1.807) is 0 Å². The van der Waals surface area contributed by atoms with E-state index in [1.165, 1.54) is 11.1 Å². The van der Waals surface area contributed by atoms with Crippen molar-refractivity contribution in [3.8, 4) is 0 Å². The van der Waals surface area contributed by atoms with Crippen molar-refractivity contribution in [1.29, 1.82) is 0 Å². The molecular formula is C15H25NO2. The van der Waals surface area contributed by atoms with Gasteiger partial charge in [0.25, 0.3) is 0 Å². The van der Waals surface area contributed by atoms with Gasteiger partial charge in [-0.15, -0.1) is 0 Å². The highest BCUT2D eigenvalue weighted by molar-refractivity contribution is 5.21. The summed E-state index contributed by atoms with van der Waals surface area (Å²) in [4.78, 5) is 0. The van der Waals surface area contributed by atoms with E-state index in [2.05, 4.69) is 29.6 Å². The maximum absolute atomic E-state index is 5.59.